The van der Waals surface area contributed by atoms with E-state index in [2.05, 4.69) is 11.8 Å². The zero-order valence-electron chi connectivity index (χ0n) is 21.8. The molecule has 0 spiro atoms. The van der Waals surface area contributed by atoms with E-state index < -0.39 is 6.29 Å². The van der Waals surface area contributed by atoms with E-state index in [4.69, 9.17) is 9.47 Å². The fourth-order valence-corrected chi connectivity index (χ4v) is 5.76. The number of carbonyl (C=O) groups excluding carboxylic acids is 2. The highest BCUT2D eigenvalue weighted by Gasteiger charge is 2.40. The van der Waals surface area contributed by atoms with Crippen molar-refractivity contribution in [1.29, 1.82) is 0 Å². The average molecular weight is 529 g/mol. The molecule has 5 unspecified atom stereocenters. The number of hydrogen-bond donors (Lipinski definition) is 2. The third kappa shape index (κ3) is 4.90. The smallest absolute Gasteiger partial charge is 0.266 e. The van der Waals surface area contributed by atoms with E-state index in [1.54, 1.807) is 36.4 Å². The molecule has 0 saturated carbocycles. The molecular formula is C31H32N2O6. The Labute approximate surface area is 227 Å². The monoisotopic (exact) mass is 528 g/mol. The van der Waals surface area contributed by atoms with Crippen LogP contribution in [0.4, 0.5) is 5.69 Å². The van der Waals surface area contributed by atoms with Crippen LogP contribution in [0.3, 0.4) is 0 Å². The van der Waals surface area contributed by atoms with Crippen molar-refractivity contribution < 1.29 is 29.3 Å². The molecule has 202 valence electrons. The number of β-amino-alcohol motifs (C(OH)–C–C–N with tert-alkyl or cyclic N) is 1. The molecule has 2 amide bonds. The summed E-state index contributed by atoms with van der Waals surface area (Å²) in [5.74, 6) is -0.625. The van der Waals surface area contributed by atoms with E-state index in [9.17, 15) is 19.8 Å². The number of rotatable bonds is 6. The molecule has 3 aliphatic rings. The predicted octanol–water partition coefficient (Wildman–Crippen LogP) is 3.84. The van der Waals surface area contributed by atoms with Crippen LogP contribution in [0.15, 0.2) is 72.8 Å². The Morgan fingerprint density at radius 3 is 2.10 bits per heavy atom. The third-order valence-electron chi connectivity index (χ3n) is 8.03. The summed E-state index contributed by atoms with van der Waals surface area (Å²) in [6.07, 6.45) is -0.603. The maximum Gasteiger partial charge on any atom is 0.266 e. The quantitative estimate of drug-likeness (QED) is 0.469. The van der Waals surface area contributed by atoms with Crippen LogP contribution in [-0.4, -0.2) is 58.8 Å². The lowest BCUT2D eigenvalue weighted by atomic mass is 9.90. The zero-order valence-corrected chi connectivity index (χ0v) is 21.8. The summed E-state index contributed by atoms with van der Waals surface area (Å²) in [5.41, 5.74) is 3.93. The Balaban J connectivity index is 1.26. The Morgan fingerprint density at radius 1 is 0.872 bits per heavy atom. The number of ether oxygens (including phenoxy) is 2. The van der Waals surface area contributed by atoms with Gasteiger partial charge in [-0.25, -0.2) is 4.90 Å². The van der Waals surface area contributed by atoms with Crippen LogP contribution in [0.25, 0.3) is 0 Å². The largest absolute Gasteiger partial charge is 0.392 e. The maximum atomic E-state index is 12.9. The molecule has 2 fully saturated rings. The van der Waals surface area contributed by atoms with Crippen LogP contribution in [0.1, 0.15) is 63.1 Å². The van der Waals surface area contributed by atoms with Gasteiger partial charge in [0.1, 0.15) is 0 Å². The molecule has 39 heavy (non-hydrogen) atoms. The standard InChI is InChI=1S/C31H32N2O6/c1-19-27(17-32-15-14-24(35)16-32)38-31(39-28(19)21-8-6-20(18-34)7-9-21)22-10-12-23(13-11-22)33-29(36)25-4-2-3-5-26(25)30(33)37/h2-13,19,24,27-28,31,34-35H,14-18H2,1H3. The fraction of sp³-hybridized carbons (Fsp3) is 0.355. The van der Waals surface area contributed by atoms with E-state index >= 15 is 0 Å². The highest BCUT2D eigenvalue weighted by Crippen LogP contribution is 2.42. The van der Waals surface area contributed by atoms with Gasteiger partial charge in [-0.15, -0.1) is 0 Å². The van der Waals surface area contributed by atoms with Crippen LogP contribution in [0.5, 0.6) is 0 Å². The summed E-state index contributed by atoms with van der Waals surface area (Å²) < 4.78 is 13.0. The van der Waals surface area contributed by atoms with Crippen molar-refractivity contribution >= 4 is 17.5 Å². The van der Waals surface area contributed by atoms with Crippen molar-refractivity contribution in [2.45, 2.75) is 44.6 Å². The molecule has 5 atom stereocenters. The van der Waals surface area contributed by atoms with Gasteiger partial charge in [0.05, 0.1) is 41.7 Å². The number of anilines is 1. The number of benzene rings is 3. The normalized spacial score (nSPS) is 27.3. The molecule has 3 aromatic carbocycles. The summed E-state index contributed by atoms with van der Waals surface area (Å²) in [6, 6.07) is 21.8. The third-order valence-corrected chi connectivity index (χ3v) is 8.03. The molecule has 2 saturated heterocycles. The van der Waals surface area contributed by atoms with Crippen molar-refractivity contribution in [1.82, 2.24) is 4.90 Å². The lowest BCUT2D eigenvalue weighted by Gasteiger charge is -2.42. The van der Waals surface area contributed by atoms with Crippen LogP contribution in [0.2, 0.25) is 0 Å². The summed E-state index contributed by atoms with van der Waals surface area (Å²) in [6.45, 7) is 4.22. The lowest BCUT2D eigenvalue weighted by molar-refractivity contribution is -0.276. The van der Waals surface area contributed by atoms with Crippen LogP contribution >= 0.6 is 0 Å². The number of aliphatic hydroxyl groups is 2. The lowest BCUT2D eigenvalue weighted by Crippen LogP contribution is -2.44. The Morgan fingerprint density at radius 2 is 1.51 bits per heavy atom. The molecule has 0 aliphatic carbocycles. The number of aliphatic hydroxyl groups excluding tert-OH is 2. The first-order valence-corrected chi connectivity index (χ1v) is 13.4. The number of nitrogens with zero attached hydrogens (tertiary/aromatic N) is 2. The number of imide groups is 1. The van der Waals surface area contributed by atoms with Crippen molar-refractivity contribution in [2.24, 2.45) is 5.92 Å². The summed E-state index contributed by atoms with van der Waals surface area (Å²) in [5, 5.41) is 19.5. The fourth-order valence-electron chi connectivity index (χ4n) is 5.76. The summed E-state index contributed by atoms with van der Waals surface area (Å²) in [7, 11) is 0. The molecule has 3 aromatic rings. The molecular weight excluding hydrogens is 496 g/mol. The van der Waals surface area contributed by atoms with Gasteiger partial charge >= 0.3 is 0 Å². The number of hydrogen-bond acceptors (Lipinski definition) is 7. The molecule has 3 heterocycles. The second-order valence-corrected chi connectivity index (χ2v) is 10.6. The first kappa shape index (κ1) is 25.9. The first-order valence-electron chi connectivity index (χ1n) is 13.4. The van der Waals surface area contributed by atoms with Gasteiger partial charge in [0.15, 0.2) is 6.29 Å². The van der Waals surface area contributed by atoms with E-state index in [0.717, 1.165) is 29.7 Å². The first-order chi connectivity index (χ1) is 18.9. The minimum Gasteiger partial charge on any atom is -0.392 e. The number of likely N-dealkylation sites (tertiary alicyclic amines) is 1. The van der Waals surface area contributed by atoms with E-state index in [1.807, 2.05) is 36.4 Å². The molecule has 2 N–H and O–H groups in total. The minimum absolute atomic E-state index is 0.0214. The van der Waals surface area contributed by atoms with Gasteiger partial charge in [-0.05, 0) is 41.8 Å². The molecule has 3 aliphatic heterocycles. The zero-order chi connectivity index (χ0) is 27.1. The maximum absolute atomic E-state index is 12.9. The van der Waals surface area contributed by atoms with Crippen LogP contribution in [0, 0.1) is 5.92 Å². The van der Waals surface area contributed by atoms with Gasteiger partial charge in [-0.3, -0.25) is 14.5 Å². The number of fused-ring (bicyclic) bond motifs is 1. The molecule has 0 aromatic heterocycles. The number of amides is 2. The van der Waals surface area contributed by atoms with Crippen molar-refractivity contribution in [2.75, 3.05) is 24.5 Å². The second kappa shape index (κ2) is 10.6. The van der Waals surface area contributed by atoms with Crippen LogP contribution < -0.4 is 4.90 Å². The van der Waals surface area contributed by atoms with E-state index in [0.29, 0.717) is 29.9 Å². The van der Waals surface area contributed by atoms with Gasteiger partial charge in [-0.2, -0.15) is 0 Å². The van der Waals surface area contributed by atoms with Crippen molar-refractivity contribution in [3.63, 3.8) is 0 Å². The minimum atomic E-state index is -0.655. The molecule has 6 rings (SSSR count). The Bertz CT molecular complexity index is 1320. The van der Waals surface area contributed by atoms with Crippen molar-refractivity contribution in [3.05, 3.63) is 101 Å². The number of carbonyl (C=O) groups is 2. The van der Waals surface area contributed by atoms with Crippen LogP contribution in [-0.2, 0) is 16.1 Å². The Hall–Kier alpha value is -3.40. The topological polar surface area (TPSA) is 99.5 Å². The summed E-state index contributed by atoms with van der Waals surface area (Å²) in [4.78, 5) is 29.3. The van der Waals surface area contributed by atoms with Gasteiger partial charge in [0, 0.05) is 31.1 Å². The molecule has 0 bridgehead atoms. The van der Waals surface area contributed by atoms with Gasteiger partial charge in [-0.1, -0.05) is 55.5 Å². The SMILES string of the molecule is CC1C(CN2CCC(O)C2)OC(c2ccc(N3C(=O)c4ccccc4C3=O)cc2)OC1c1ccc(CO)cc1. The van der Waals surface area contributed by atoms with Gasteiger partial charge in [0.25, 0.3) is 11.8 Å². The molecule has 0 radical (unpaired) electrons. The van der Waals surface area contributed by atoms with Crippen molar-refractivity contribution in [3.8, 4) is 0 Å². The summed E-state index contributed by atoms with van der Waals surface area (Å²) >= 11 is 0. The van der Waals surface area contributed by atoms with E-state index in [1.165, 1.54) is 4.90 Å². The predicted molar refractivity (Wildman–Crippen MR) is 144 cm³/mol. The van der Waals surface area contributed by atoms with Gasteiger partial charge < -0.3 is 19.7 Å². The second-order valence-electron chi connectivity index (χ2n) is 10.6. The molecule has 8 heteroatoms. The Kier molecular flexibility index (Phi) is 7.05. The molecule has 8 nitrogen and oxygen atoms in total. The average Bonchev–Trinajstić information content (AvgIpc) is 3.49. The van der Waals surface area contributed by atoms with Gasteiger partial charge in [0.2, 0.25) is 0 Å². The highest BCUT2D eigenvalue weighted by atomic mass is 16.7. The highest BCUT2D eigenvalue weighted by molar-refractivity contribution is 6.34. The van der Waals surface area contributed by atoms with E-state index in [-0.39, 0.29) is 42.7 Å².